The van der Waals surface area contributed by atoms with Crippen LogP contribution in [0.1, 0.15) is 18.9 Å². The van der Waals surface area contributed by atoms with Crippen LogP contribution in [0.25, 0.3) is 0 Å². The number of rotatable bonds is 2. The summed E-state index contributed by atoms with van der Waals surface area (Å²) in [7, 11) is 0. The predicted molar refractivity (Wildman–Crippen MR) is 68.4 cm³/mol. The Morgan fingerprint density at radius 3 is 2.63 bits per heavy atom. The van der Waals surface area contributed by atoms with Crippen LogP contribution in [0.3, 0.4) is 0 Å². The van der Waals surface area contributed by atoms with Crippen molar-refractivity contribution in [2.24, 2.45) is 11.7 Å². The van der Waals surface area contributed by atoms with Crippen LogP contribution in [0.2, 0.25) is 0 Å². The maximum atomic E-state index is 13.5. The Kier molecular flexibility index (Phi) is 4.14. The molecule has 1 saturated heterocycles. The number of carbonyl (C=O) groups excluding carboxylic acids is 1. The summed E-state index contributed by atoms with van der Waals surface area (Å²) in [6.07, 6.45) is 0.493. The molecule has 3 nitrogen and oxygen atoms in total. The topological polar surface area (TPSA) is 46.3 Å². The summed E-state index contributed by atoms with van der Waals surface area (Å²) in [6, 6.07) is 3.72. The number of hydrogen-bond acceptors (Lipinski definition) is 2. The number of carbonyl (C=O) groups is 1. The van der Waals surface area contributed by atoms with Gasteiger partial charge < -0.3 is 10.6 Å². The number of amides is 1. The first-order valence-corrected chi connectivity index (χ1v) is 6.45. The van der Waals surface area contributed by atoms with Crippen molar-refractivity contribution in [3.05, 3.63) is 35.4 Å². The van der Waals surface area contributed by atoms with Crippen LogP contribution >= 0.6 is 0 Å². The van der Waals surface area contributed by atoms with E-state index in [0.717, 1.165) is 6.42 Å². The first-order chi connectivity index (χ1) is 8.99. The summed E-state index contributed by atoms with van der Waals surface area (Å²) in [5.41, 5.74) is 5.73. The highest BCUT2D eigenvalue weighted by Gasteiger charge is 2.27. The zero-order chi connectivity index (χ0) is 14.0. The van der Waals surface area contributed by atoms with Gasteiger partial charge in [-0.25, -0.2) is 8.78 Å². The third-order valence-corrected chi connectivity index (χ3v) is 3.71. The molecule has 1 amide bonds. The molecule has 0 saturated carbocycles. The SMILES string of the molecule is CC1CN(C(=O)Cc2c(F)cccc2F)CCC1N. The van der Waals surface area contributed by atoms with Gasteiger partial charge >= 0.3 is 0 Å². The summed E-state index contributed by atoms with van der Waals surface area (Å²) in [6.45, 7) is 3.09. The monoisotopic (exact) mass is 268 g/mol. The van der Waals surface area contributed by atoms with E-state index in [4.69, 9.17) is 5.73 Å². The predicted octanol–water partition coefficient (Wildman–Crippen LogP) is 1.70. The van der Waals surface area contributed by atoms with E-state index in [1.807, 2.05) is 6.92 Å². The van der Waals surface area contributed by atoms with E-state index in [-0.39, 0.29) is 29.9 Å². The van der Waals surface area contributed by atoms with Crippen molar-refractivity contribution >= 4 is 5.91 Å². The van der Waals surface area contributed by atoms with Crippen molar-refractivity contribution in [2.45, 2.75) is 25.8 Å². The van der Waals surface area contributed by atoms with E-state index < -0.39 is 11.6 Å². The van der Waals surface area contributed by atoms with E-state index >= 15 is 0 Å². The zero-order valence-electron chi connectivity index (χ0n) is 10.9. The van der Waals surface area contributed by atoms with Gasteiger partial charge in [0.15, 0.2) is 0 Å². The Balaban J connectivity index is 2.05. The third-order valence-electron chi connectivity index (χ3n) is 3.71. The van der Waals surface area contributed by atoms with Crippen LogP contribution in [0.15, 0.2) is 18.2 Å². The summed E-state index contributed by atoms with van der Waals surface area (Å²) in [5, 5.41) is 0. The van der Waals surface area contributed by atoms with Crippen molar-refractivity contribution in [1.29, 1.82) is 0 Å². The lowest BCUT2D eigenvalue weighted by Gasteiger charge is -2.35. The second-order valence-corrected chi connectivity index (χ2v) is 5.15. The van der Waals surface area contributed by atoms with Crippen LogP contribution in [0.5, 0.6) is 0 Å². The standard InChI is InChI=1S/C14H18F2N2O/c1-9-8-18(6-5-13(9)17)14(19)7-10-11(15)3-2-4-12(10)16/h2-4,9,13H,5-8,17H2,1H3. The molecule has 2 N–H and O–H groups in total. The zero-order valence-corrected chi connectivity index (χ0v) is 10.9. The lowest BCUT2D eigenvalue weighted by Crippen LogP contribution is -2.48. The third kappa shape index (κ3) is 3.10. The van der Waals surface area contributed by atoms with E-state index in [1.165, 1.54) is 18.2 Å². The van der Waals surface area contributed by atoms with Gasteiger partial charge in [0.05, 0.1) is 6.42 Å². The molecule has 0 spiro atoms. The molecule has 0 aromatic heterocycles. The van der Waals surface area contributed by atoms with Gasteiger partial charge in [0.1, 0.15) is 11.6 Å². The largest absolute Gasteiger partial charge is 0.342 e. The molecule has 0 aliphatic carbocycles. The molecule has 0 bridgehead atoms. The van der Waals surface area contributed by atoms with Gasteiger partial charge in [-0.15, -0.1) is 0 Å². The van der Waals surface area contributed by atoms with Crippen molar-refractivity contribution in [3.63, 3.8) is 0 Å². The van der Waals surface area contributed by atoms with Crippen molar-refractivity contribution in [2.75, 3.05) is 13.1 Å². The highest BCUT2D eigenvalue weighted by Crippen LogP contribution is 2.18. The number of piperidine rings is 1. The molecule has 1 fully saturated rings. The van der Waals surface area contributed by atoms with Crippen LogP contribution in [-0.2, 0) is 11.2 Å². The number of hydrogen-bond donors (Lipinski definition) is 1. The number of likely N-dealkylation sites (tertiary alicyclic amines) is 1. The van der Waals surface area contributed by atoms with Crippen LogP contribution in [0, 0.1) is 17.6 Å². The first kappa shape index (κ1) is 13.9. The molecule has 1 aliphatic heterocycles. The van der Waals surface area contributed by atoms with Gasteiger partial charge in [-0.2, -0.15) is 0 Å². The quantitative estimate of drug-likeness (QED) is 0.887. The smallest absolute Gasteiger partial charge is 0.227 e. The molecular formula is C14H18F2N2O. The first-order valence-electron chi connectivity index (χ1n) is 6.45. The van der Waals surface area contributed by atoms with Crippen LogP contribution in [-0.4, -0.2) is 29.9 Å². The number of benzene rings is 1. The lowest BCUT2D eigenvalue weighted by molar-refractivity contribution is -0.132. The molecule has 0 radical (unpaired) electrons. The fourth-order valence-corrected chi connectivity index (χ4v) is 2.35. The van der Waals surface area contributed by atoms with Crippen LogP contribution in [0.4, 0.5) is 8.78 Å². The molecule has 1 heterocycles. The van der Waals surface area contributed by atoms with Crippen molar-refractivity contribution in [3.8, 4) is 0 Å². The Labute approximate surface area is 111 Å². The summed E-state index contributed by atoms with van der Waals surface area (Å²) < 4.78 is 27.0. The van der Waals surface area contributed by atoms with Gasteiger partial charge in [0.25, 0.3) is 0 Å². The minimum absolute atomic E-state index is 0.0919. The molecule has 2 rings (SSSR count). The molecule has 1 aromatic rings. The van der Waals surface area contributed by atoms with Crippen molar-refractivity contribution in [1.82, 2.24) is 4.90 Å². The second-order valence-electron chi connectivity index (χ2n) is 5.15. The number of halogens is 2. The van der Waals surface area contributed by atoms with E-state index in [0.29, 0.717) is 13.1 Å². The Bertz CT molecular complexity index is 458. The maximum absolute atomic E-state index is 13.5. The average Bonchev–Trinajstić information content (AvgIpc) is 2.37. The van der Waals surface area contributed by atoms with Gasteiger partial charge in [-0.1, -0.05) is 13.0 Å². The molecule has 104 valence electrons. The average molecular weight is 268 g/mol. The Morgan fingerprint density at radius 1 is 1.42 bits per heavy atom. The summed E-state index contributed by atoms with van der Waals surface area (Å²) in [4.78, 5) is 13.7. The second kappa shape index (κ2) is 5.65. The van der Waals surface area contributed by atoms with Gasteiger partial charge in [0, 0.05) is 24.7 Å². The van der Waals surface area contributed by atoms with E-state index in [1.54, 1.807) is 4.90 Å². The fraction of sp³-hybridized carbons (Fsp3) is 0.500. The van der Waals surface area contributed by atoms with Gasteiger partial charge in [0.2, 0.25) is 5.91 Å². The van der Waals surface area contributed by atoms with E-state index in [2.05, 4.69) is 0 Å². The highest BCUT2D eigenvalue weighted by atomic mass is 19.1. The number of nitrogens with two attached hydrogens (primary N) is 1. The fourth-order valence-electron chi connectivity index (χ4n) is 2.35. The normalized spacial score (nSPS) is 23.5. The molecule has 2 atom stereocenters. The molecular weight excluding hydrogens is 250 g/mol. The molecule has 19 heavy (non-hydrogen) atoms. The molecule has 1 aromatic carbocycles. The van der Waals surface area contributed by atoms with Crippen molar-refractivity contribution < 1.29 is 13.6 Å². The minimum Gasteiger partial charge on any atom is -0.342 e. The molecule has 2 unspecified atom stereocenters. The lowest BCUT2D eigenvalue weighted by atomic mass is 9.94. The minimum atomic E-state index is -0.671. The Hall–Kier alpha value is -1.49. The highest BCUT2D eigenvalue weighted by molar-refractivity contribution is 5.79. The van der Waals surface area contributed by atoms with E-state index in [9.17, 15) is 13.6 Å². The van der Waals surface area contributed by atoms with Gasteiger partial charge in [-0.3, -0.25) is 4.79 Å². The van der Waals surface area contributed by atoms with Gasteiger partial charge in [-0.05, 0) is 24.5 Å². The maximum Gasteiger partial charge on any atom is 0.227 e. The number of nitrogens with zero attached hydrogens (tertiary/aromatic N) is 1. The molecule has 1 aliphatic rings. The molecule has 5 heteroatoms. The summed E-state index contributed by atoms with van der Waals surface area (Å²) in [5.74, 6) is -1.38. The Morgan fingerprint density at radius 2 is 2.05 bits per heavy atom. The summed E-state index contributed by atoms with van der Waals surface area (Å²) >= 11 is 0. The van der Waals surface area contributed by atoms with Crippen LogP contribution < -0.4 is 5.73 Å².